The van der Waals surface area contributed by atoms with Crippen LogP contribution in [-0.4, -0.2) is 26.5 Å². The third-order valence-corrected chi connectivity index (χ3v) is 5.15. The Kier molecular flexibility index (Phi) is 4.31. The van der Waals surface area contributed by atoms with Gasteiger partial charge in [0.25, 0.3) is 0 Å². The Bertz CT molecular complexity index is 1570. The van der Waals surface area contributed by atoms with Crippen LogP contribution in [-0.2, 0) is 6.54 Å². The lowest BCUT2D eigenvalue weighted by molar-refractivity contribution is -0.746. The second-order valence-electron chi connectivity index (χ2n) is 7.46. The maximum absolute atomic E-state index is 14.1. The van der Waals surface area contributed by atoms with Crippen LogP contribution in [0.5, 0.6) is 11.5 Å². The van der Waals surface area contributed by atoms with E-state index in [1.54, 1.807) is 18.3 Å². The van der Waals surface area contributed by atoms with Crippen molar-refractivity contribution in [1.82, 2.24) is 20.2 Å². The van der Waals surface area contributed by atoms with Gasteiger partial charge in [0.05, 0.1) is 5.56 Å². The van der Waals surface area contributed by atoms with E-state index in [4.69, 9.17) is 4.52 Å². The molecule has 12 heteroatoms. The van der Waals surface area contributed by atoms with Gasteiger partial charge in [-0.25, -0.2) is 13.8 Å². The topological polar surface area (TPSA) is 89.9 Å². The molecule has 0 bridgehead atoms. The zero-order valence-corrected chi connectivity index (χ0v) is 16.9. The SMILES string of the molecule is Fc1cccc(-c2nc3cn[n+](Cc4cc(-c5ccc6c(c5)OC(F)(F)O6)no4)cc3[nH]2)c1F. The summed E-state index contributed by atoms with van der Waals surface area (Å²) < 4.78 is 69.9. The third kappa shape index (κ3) is 3.49. The summed E-state index contributed by atoms with van der Waals surface area (Å²) in [5.41, 5.74) is 1.92. The molecule has 3 aromatic heterocycles. The molecule has 170 valence electrons. The van der Waals surface area contributed by atoms with E-state index in [-0.39, 0.29) is 29.4 Å². The summed E-state index contributed by atoms with van der Waals surface area (Å²) in [6, 6.07) is 9.78. The molecular weight excluding hydrogens is 458 g/mol. The number of alkyl halides is 2. The van der Waals surface area contributed by atoms with Crippen LogP contribution < -0.4 is 14.2 Å². The molecule has 6 rings (SSSR count). The molecule has 0 saturated carbocycles. The zero-order chi connectivity index (χ0) is 23.4. The Morgan fingerprint density at radius 3 is 2.76 bits per heavy atom. The quantitative estimate of drug-likeness (QED) is 0.313. The molecule has 0 aliphatic carbocycles. The van der Waals surface area contributed by atoms with Gasteiger partial charge in [-0.2, -0.15) is 0 Å². The molecule has 0 atom stereocenters. The summed E-state index contributed by atoms with van der Waals surface area (Å²) in [5.74, 6) is -1.53. The lowest BCUT2D eigenvalue weighted by Crippen LogP contribution is -2.37. The smallest absolute Gasteiger partial charge is 0.395 e. The minimum atomic E-state index is -3.70. The van der Waals surface area contributed by atoms with Gasteiger partial charge in [-0.1, -0.05) is 15.9 Å². The van der Waals surface area contributed by atoms with Crippen molar-refractivity contribution in [2.24, 2.45) is 0 Å². The van der Waals surface area contributed by atoms with Crippen molar-refractivity contribution in [2.45, 2.75) is 12.8 Å². The zero-order valence-electron chi connectivity index (χ0n) is 16.9. The van der Waals surface area contributed by atoms with Crippen molar-refractivity contribution in [2.75, 3.05) is 0 Å². The van der Waals surface area contributed by atoms with E-state index in [1.165, 1.54) is 35.1 Å². The lowest BCUT2D eigenvalue weighted by Gasteiger charge is -2.04. The molecule has 0 unspecified atom stereocenters. The molecule has 1 aliphatic rings. The van der Waals surface area contributed by atoms with Crippen molar-refractivity contribution >= 4 is 11.0 Å². The van der Waals surface area contributed by atoms with Crippen molar-refractivity contribution < 1.29 is 36.2 Å². The highest BCUT2D eigenvalue weighted by Crippen LogP contribution is 2.42. The summed E-state index contributed by atoms with van der Waals surface area (Å²) >= 11 is 0. The van der Waals surface area contributed by atoms with E-state index in [0.717, 1.165) is 6.07 Å². The van der Waals surface area contributed by atoms with Gasteiger partial charge in [0.2, 0.25) is 18.5 Å². The van der Waals surface area contributed by atoms with Crippen LogP contribution in [0, 0.1) is 11.6 Å². The molecule has 5 aromatic rings. The molecule has 4 heterocycles. The highest BCUT2D eigenvalue weighted by Gasteiger charge is 2.43. The molecule has 8 nitrogen and oxygen atoms in total. The summed E-state index contributed by atoms with van der Waals surface area (Å²) in [7, 11) is 0. The minimum Gasteiger partial charge on any atom is -0.395 e. The van der Waals surface area contributed by atoms with Crippen LogP contribution >= 0.6 is 0 Å². The van der Waals surface area contributed by atoms with Crippen molar-refractivity contribution in [1.29, 1.82) is 0 Å². The van der Waals surface area contributed by atoms with Crippen LogP contribution in [0.1, 0.15) is 5.76 Å². The number of benzene rings is 2. The molecule has 0 radical (unpaired) electrons. The Morgan fingerprint density at radius 2 is 1.88 bits per heavy atom. The van der Waals surface area contributed by atoms with Gasteiger partial charge in [-0.3, -0.25) is 0 Å². The van der Waals surface area contributed by atoms with Gasteiger partial charge in [-0.05, 0) is 35.4 Å². The largest absolute Gasteiger partial charge is 0.586 e. The number of rotatable bonds is 4. The summed E-state index contributed by atoms with van der Waals surface area (Å²) in [6.07, 6.45) is -0.598. The van der Waals surface area contributed by atoms with E-state index in [1.807, 2.05) is 0 Å². The molecule has 0 fully saturated rings. The highest BCUT2D eigenvalue weighted by molar-refractivity contribution is 5.77. The summed E-state index contributed by atoms with van der Waals surface area (Å²) in [4.78, 5) is 7.22. The summed E-state index contributed by atoms with van der Waals surface area (Å²) in [5, 5.41) is 8.22. The maximum Gasteiger partial charge on any atom is 0.586 e. The number of imidazole rings is 1. The summed E-state index contributed by atoms with van der Waals surface area (Å²) in [6.45, 7) is 0.189. The number of ether oxygens (including phenoxy) is 2. The van der Waals surface area contributed by atoms with E-state index in [0.29, 0.717) is 28.1 Å². The molecule has 0 saturated heterocycles. The van der Waals surface area contributed by atoms with Gasteiger partial charge in [0.15, 0.2) is 23.1 Å². The molecule has 0 spiro atoms. The van der Waals surface area contributed by atoms with Crippen molar-refractivity contribution in [3.8, 4) is 34.1 Å². The maximum atomic E-state index is 14.1. The fourth-order valence-electron chi connectivity index (χ4n) is 3.60. The first-order valence-corrected chi connectivity index (χ1v) is 9.90. The average molecular weight is 470 g/mol. The van der Waals surface area contributed by atoms with Crippen molar-refractivity contribution in [3.05, 3.63) is 72.3 Å². The van der Waals surface area contributed by atoms with Gasteiger partial charge in [-0.15, -0.1) is 8.78 Å². The molecule has 1 N–H and O–H groups in total. The van der Waals surface area contributed by atoms with Crippen LogP contribution in [0.15, 0.2) is 59.4 Å². The first kappa shape index (κ1) is 20.1. The Labute approximate surface area is 187 Å². The molecule has 1 aliphatic heterocycles. The molecule has 0 amide bonds. The van der Waals surface area contributed by atoms with Gasteiger partial charge in [0.1, 0.15) is 28.7 Å². The van der Waals surface area contributed by atoms with E-state index in [9.17, 15) is 17.6 Å². The van der Waals surface area contributed by atoms with Crippen LogP contribution in [0.4, 0.5) is 17.6 Å². The predicted octanol–water partition coefficient (Wildman–Crippen LogP) is 4.22. The first-order chi connectivity index (χ1) is 16.3. The highest BCUT2D eigenvalue weighted by atomic mass is 19.3. The third-order valence-electron chi connectivity index (χ3n) is 5.15. The predicted molar refractivity (Wildman–Crippen MR) is 107 cm³/mol. The number of nitrogens with zero attached hydrogens (tertiary/aromatic N) is 4. The minimum absolute atomic E-state index is 0.00381. The number of H-pyrrole nitrogens is 1. The first-order valence-electron chi connectivity index (χ1n) is 9.90. The Balaban J connectivity index is 1.25. The van der Waals surface area contributed by atoms with E-state index in [2.05, 4.69) is 29.7 Å². The fourth-order valence-corrected chi connectivity index (χ4v) is 3.60. The average Bonchev–Trinajstić information content (AvgIpc) is 3.50. The number of hydrogen-bond donors (Lipinski definition) is 1. The second kappa shape index (κ2) is 7.27. The number of aromatic nitrogens is 5. The number of nitrogens with one attached hydrogen (secondary N) is 1. The number of aromatic amines is 1. The Hall–Kier alpha value is -4.48. The van der Waals surface area contributed by atoms with E-state index >= 15 is 0 Å². The van der Waals surface area contributed by atoms with Crippen LogP contribution in [0.2, 0.25) is 0 Å². The lowest BCUT2D eigenvalue weighted by atomic mass is 10.1. The van der Waals surface area contributed by atoms with Gasteiger partial charge < -0.3 is 19.0 Å². The molecule has 34 heavy (non-hydrogen) atoms. The van der Waals surface area contributed by atoms with Crippen LogP contribution in [0.25, 0.3) is 33.7 Å². The van der Waals surface area contributed by atoms with E-state index < -0.39 is 17.9 Å². The molecular formula is C22H12F4N5O3+. The number of fused-ring (bicyclic) bond motifs is 2. The number of hydrogen-bond acceptors (Lipinski definition) is 6. The molecule has 2 aromatic carbocycles. The van der Waals surface area contributed by atoms with Crippen molar-refractivity contribution in [3.63, 3.8) is 0 Å². The Morgan fingerprint density at radius 1 is 1.03 bits per heavy atom. The number of halogens is 4. The van der Waals surface area contributed by atoms with Crippen LogP contribution in [0.3, 0.4) is 0 Å². The standard InChI is InChI=1S/C22H11F4N5O3/c23-14-3-1-2-13(20(14)24)21-28-16-8-27-31(10-17(16)29-21)9-12-7-15(30-34-12)11-4-5-18-19(6-11)33-22(25,26)32-18/h1-8,10H,9H2/p+1. The second-order valence-corrected chi connectivity index (χ2v) is 7.46. The van der Waals surface area contributed by atoms with Gasteiger partial charge >= 0.3 is 6.29 Å². The fraction of sp³-hybridized carbons (Fsp3) is 0.0909. The normalized spacial score (nSPS) is 14.1. The monoisotopic (exact) mass is 470 g/mol. The van der Waals surface area contributed by atoms with Gasteiger partial charge in [0, 0.05) is 11.6 Å².